The van der Waals surface area contributed by atoms with Crippen LogP contribution in [0.15, 0.2) is 18.2 Å². The lowest BCUT2D eigenvalue weighted by molar-refractivity contribution is -0.137. The van der Waals surface area contributed by atoms with Crippen LogP contribution in [0.1, 0.15) is 70.4 Å². The van der Waals surface area contributed by atoms with E-state index in [0.717, 1.165) is 11.3 Å². The molecule has 0 unspecified atom stereocenters. The second-order valence-corrected chi connectivity index (χ2v) is 8.89. The van der Waals surface area contributed by atoms with Gasteiger partial charge in [0.1, 0.15) is 6.54 Å². The molecule has 1 fully saturated rings. The molecule has 0 radical (unpaired) electrons. The van der Waals surface area contributed by atoms with E-state index in [1.807, 2.05) is 19.9 Å². The van der Waals surface area contributed by atoms with Crippen molar-refractivity contribution in [1.29, 1.82) is 0 Å². The number of hydrogen-bond acceptors (Lipinski definition) is 3. The molecule has 27 heavy (non-hydrogen) atoms. The van der Waals surface area contributed by atoms with E-state index in [1.54, 1.807) is 18.7 Å². The van der Waals surface area contributed by atoms with Crippen LogP contribution in [-0.2, 0) is 19.8 Å². The highest BCUT2D eigenvalue weighted by Crippen LogP contribution is 2.46. The van der Waals surface area contributed by atoms with Gasteiger partial charge < -0.3 is 15.3 Å². The number of rotatable bonds is 7. The third-order valence-corrected chi connectivity index (χ3v) is 5.56. The van der Waals surface area contributed by atoms with E-state index in [0.29, 0.717) is 12.3 Å². The van der Waals surface area contributed by atoms with Crippen molar-refractivity contribution < 1.29 is 19.5 Å². The van der Waals surface area contributed by atoms with Gasteiger partial charge in [-0.1, -0.05) is 12.1 Å². The summed E-state index contributed by atoms with van der Waals surface area (Å²) in [5.74, 6) is -0.652. The van der Waals surface area contributed by atoms with Crippen LogP contribution in [0.4, 0.5) is 5.69 Å². The Morgan fingerprint density at radius 2 is 1.96 bits per heavy atom. The Balaban J connectivity index is 1.75. The topological polar surface area (TPSA) is 86.7 Å². The minimum absolute atomic E-state index is 0.0181. The van der Waals surface area contributed by atoms with Crippen LogP contribution >= 0.6 is 0 Å². The molecule has 6 heteroatoms. The average molecular weight is 372 g/mol. The molecule has 0 bridgehead atoms. The van der Waals surface area contributed by atoms with E-state index in [9.17, 15) is 14.4 Å². The zero-order chi connectivity index (χ0) is 20.0. The average Bonchev–Trinajstić information content (AvgIpc) is 3.39. The standard InChI is InChI=1S/C21H28N2O4/c1-20(2,10-9-18(25)26)22-17(24)12-23-16-8-7-14(13-5-6-13)11-15(16)21(3,4)19(23)27/h7-8,11,13H,5-6,9-10,12H2,1-4H3,(H,22,24)(H,25,26). The summed E-state index contributed by atoms with van der Waals surface area (Å²) in [6.45, 7) is 7.33. The van der Waals surface area contributed by atoms with Gasteiger partial charge in [-0.05, 0) is 70.1 Å². The van der Waals surface area contributed by atoms with Gasteiger partial charge in [-0.15, -0.1) is 0 Å². The van der Waals surface area contributed by atoms with E-state index >= 15 is 0 Å². The van der Waals surface area contributed by atoms with Crippen LogP contribution in [0.2, 0.25) is 0 Å². The number of aliphatic carboxylic acids is 1. The number of carboxylic acid groups (broad SMARTS) is 1. The van der Waals surface area contributed by atoms with Crippen LogP contribution < -0.4 is 10.2 Å². The molecule has 1 saturated carbocycles. The Labute approximate surface area is 159 Å². The molecule has 1 aromatic rings. The Morgan fingerprint density at radius 1 is 1.30 bits per heavy atom. The smallest absolute Gasteiger partial charge is 0.303 e. The van der Waals surface area contributed by atoms with Crippen molar-refractivity contribution in [3.8, 4) is 0 Å². The van der Waals surface area contributed by atoms with Crippen LogP contribution in [0.5, 0.6) is 0 Å². The maximum absolute atomic E-state index is 13.0. The van der Waals surface area contributed by atoms with Gasteiger partial charge in [-0.25, -0.2) is 0 Å². The Kier molecular flexibility index (Phi) is 4.78. The Hall–Kier alpha value is -2.37. The predicted molar refractivity (Wildman–Crippen MR) is 103 cm³/mol. The lowest BCUT2D eigenvalue weighted by Gasteiger charge is -2.27. The minimum Gasteiger partial charge on any atom is -0.481 e. The van der Waals surface area contributed by atoms with E-state index in [4.69, 9.17) is 5.11 Å². The molecule has 3 rings (SSSR count). The number of carboxylic acids is 1. The fourth-order valence-electron chi connectivity index (χ4n) is 3.72. The number of nitrogens with one attached hydrogen (secondary N) is 1. The summed E-state index contributed by atoms with van der Waals surface area (Å²) in [6, 6.07) is 6.14. The number of carbonyl (C=O) groups is 3. The fraction of sp³-hybridized carbons (Fsp3) is 0.571. The molecule has 1 aromatic carbocycles. The van der Waals surface area contributed by atoms with E-state index in [2.05, 4.69) is 17.4 Å². The van der Waals surface area contributed by atoms with Crippen LogP contribution in [0, 0.1) is 0 Å². The summed E-state index contributed by atoms with van der Waals surface area (Å²) < 4.78 is 0. The molecule has 0 saturated heterocycles. The number of amides is 2. The van der Waals surface area contributed by atoms with E-state index in [1.165, 1.54) is 18.4 Å². The molecule has 146 valence electrons. The number of carbonyl (C=O) groups excluding carboxylic acids is 2. The molecule has 0 atom stereocenters. The molecule has 0 spiro atoms. The molecule has 6 nitrogen and oxygen atoms in total. The quantitative estimate of drug-likeness (QED) is 0.770. The summed E-state index contributed by atoms with van der Waals surface area (Å²) >= 11 is 0. The van der Waals surface area contributed by atoms with Crippen molar-refractivity contribution in [3.05, 3.63) is 29.3 Å². The molecule has 2 amide bonds. The molecular formula is C21H28N2O4. The zero-order valence-electron chi connectivity index (χ0n) is 16.5. The monoisotopic (exact) mass is 372 g/mol. The first-order valence-corrected chi connectivity index (χ1v) is 9.50. The van der Waals surface area contributed by atoms with E-state index < -0.39 is 16.9 Å². The number of benzene rings is 1. The number of fused-ring (bicyclic) bond motifs is 1. The molecule has 1 aliphatic carbocycles. The van der Waals surface area contributed by atoms with Gasteiger partial charge in [0.25, 0.3) is 0 Å². The minimum atomic E-state index is -0.894. The first-order chi connectivity index (χ1) is 12.5. The fourth-order valence-corrected chi connectivity index (χ4v) is 3.72. The van der Waals surface area contributed by atoms with Crippen LogP contribution in [0.25, 0.3) is 0 Å². The van der Waals surface area contributed by atoms with Crippen molar-refractivity contribution in [2.45, 2.75) is 70.3 Å². The SMILES string of the molecule is CC(C)(CCC(=O)O)NC(=O)CN1C(=O)C(C)(C)c2cc(C3CC3)ccc21. The van der Waals surface area contributed by atoms with Gasteiger partial charge in [-0.3, -0.25) is 14.4 Å². The highest BCUT2D eigenvalue weighted by molar-refractivity contribution is 6.10. The Morgan fingerprint density at radius 3 is 2.56 bits per heavy atom. The van der Waals surface area contributed by atoms with Crippen LogP contribution in [0.3, 0.4) is 0 Å². The maximum atomic E-state index is 13.0. The van der Waals surface area contributed by atoms with Gasteiger partial charge in [0.2, 0.25) is 11.8 Å². The van der Waals surface area contributed by atoms with Gasteiger partial charge >= 0.3 is 5.97 Å². The second-order valence-electron chi connectivity index (χ2n) is 8.89. The number of anilines is 1. The Bertz CT molecular complexity index is 793. The third-order valence-electron chi connectivity index (χ3n) is 5.56. The summed E-state index contributed by atoms with van der Waals surface area (Å²) in [5, 5.41) is 11.7. The van der Waals surface area contributed by atoms with Gasteiger partial charge in [0, 0.05) is 17.6 Å². The molecule has 0 aromatic heterocycles. The lowest BCUT2D eigenvalue weighted by Crippen LogP contribution is -2.49. The van der Waals surface area contributed by atoms with Crippen molar-refractivity contribution in [1.82, 2.24) is 5.32 Å². The van der Waals surface area contributed by atoms with Crippen LogP contribution in [-0.4, -0.2) is 35.0 Å². The first kappa shape index (κ1) is 19.4. The summed E-state index contributed by atoms with van der Waals surface area (Å²) in [6.07, 6.45) is 2.71. The predicted octanol–water partition coefficient (Wildman–Crippen LogP) is 2.95. The largest absolute Gasteiger partial charge is 0.481 e. The number of hydrogen-bond donors (Lipinski definition) is 2. The van der Waals surface area contributed by atoms with Gasteiger partial charge in [-0.2, -0.15) is 0 Å². The van der Waals surface area contributed by atoms with Gasteiger partial charge in [0.05, 0.1) is 5.41 Å². The first-order valence-electron chi connectivity index (χ1n) is 9.50. The molecular weight excluding hydrogens is 344 g/mol. The van der Waals surface area contributed by atoms with Crippen molar-refractivity contribution in [2.75, 3.05) is 11.4 Å². The molecule has 2 aliphatic rings. The summed E-state index contributed by atoms with van der Waals surface area (Å²) in [5.41, 5.74) is 1.75. The van der Waals surface area contributed by atoms with Crippen molar-refractivity contribution in [2.24, 2.45) is 0 Å². The summed E-state index contributed by atoms with van der Waals surface area (Å²) in [4.78, 5) is 37.9. The van der Waals surface area contributed by atoms with Crippen molar-refractivity contribution in [3.63, 3.8) is 0 Å². The van der Waals surface area contributed by atoms with E-state index in [-0.39, 0.29) is 24.8 Å². The number of nitrogens with zero attached hydrogens (tertiary/aromatic N) is 1. The normalized spacial score (nSPS) is 18.4. The zero-order valence-corrected chi connectivity index (χ0v) is 16.5. The van der Waals surface area contributed by atoms with Crippen molar-refractivity contribution >= 4 is 23.5 Å². The second kappa shape index (κ2) is 6.66. The molecule has 1 heterocycles. The third kappa shape index (κ3) is 3.99. The highest BCUT2D eigenvalue weighted by atomic mass is 16.4. The molecule has 1 aliphatic heterocycles. The highest BCUT2D eigenvalue weighted by Gasteiger charge is 2.45. The maximum Gasteiger partial charge on any atom is 0.303 e. The molecule has 2 N–H and O–H groups in total. The summed E-state index contributed by atoms with van der Waals surface area (Å²) in [7, 11) is 0. The lowest BCUT2D eigenvalue weighted by atomic mass is 9.85. The van der Waals surface area contributed by atoms with Gasteiger partial charge in [0.15, 0.2) is 0 Å².